The fourth-order valence-corrected chi connectivity index (χ4v) is 3.99. The van der Waals surface area contributed by atoms with Crippen molar-refractivity contribution in [3.05, 3.63) is 72.1 Å². The average molecular weight is 355 g/mol. The molecule has 0 aliphatic rings. The molecule has 2 aromatic carbocycles. The molecule has 0 bridgehead atoms. The Labute approximate surface area is 160 Å². The van der Waals surface area contributed by atoms with E-state index in [2.05, 4.69) is 24.0 Å². The molecule has 0 saturated heterocycles. The van der Waals surface area contributed by atoms with Crippen molar-refractivity contribution in [3.8, 4) is 11.3 Å². The number of rotatable bonds is 2. The Morgan fingerprint density at radius 3 is 2.67 bits per heavy atom. The molecule has 0 atom stereocenters. The van der Waals surface area contributed by atoms with Crippen LogP contribution in [-0.4, -0.2) is 4.98 Å². The van der Waals surface area contributed by atoms with Gasteiger partial charge in [-0.15, -0.1) is 0 Å². The van der Waals surface area contributed by atoms with E-state index in [-0.39, 0.29) is 0 Å². The van der Waals surface area contributed by atoms with Crippen molar-refractivity contribution >= 4 is 32.8 Å². The third kappa shape index (κ3) is 2.28. The van der Waals surface area contributed by atoms with Gasteiger partial charge in [0.25, 0.3) is 0 Å². The van der Waals surface area contributed by atoms with Crippen molar-refractivity contribution in [2.45, 2.75) is 20.2 Å². The molecule has 3 heteroatoms. The molecule has 3 heterocycles. The third-order valence-corrected chi connectivity index (χ3v) is 5.36. The predicted octanol–water partition coefficient (Wildman–Crippen LogP) is 5.50. The summed E-state index contributed by atoms with van der Waals surface area (Å²) in [7, 11) is 1.98. The van der Waals surface area contributed by atoms with Crippen LogP contribution >= 0.6 is 0 Å². The van der Waals surface area contributed by atoms with Gasteiger partial charge in [-0.3, -0.25) is 0 Å². The van der Waals surface area contributed by atoms with Crippen molar-refractivity contribution in [1.82, 2.24) is 4.98 Å². The smallest absolute Gasteiger partial charge is 0.227 e. The summed E-state index contributed by atoms with van der Waals surface area (Å²) in [6.07, 6.45) is 2.22. The quantitative estimate of drug-likeness (QED) is 0.392. The van der Waals surface area contributed by atoms with Gasteiger partial charge in [-0.05, 0) is 47.3 Å². The van der Waals surface area contributed by atoms with E-state index in [9.17, 15) is 0 Å². The van der Waals surface area contributed by atoms with Gasteiger partial charge in [0.15, 0.2) is 11.8 Å². The predicted molar refractivity (Wildman–Crippen MR) is 110 cm³/mol. The topological polar surface area (TPSA) is 29.9 Å². The van der Waals surface area contributed by atoms with Crippen LogP contribution in [0.3, 0.4) is 0 Å². The minimum absolute atomic E-state index is 0.615. The number of pyridine rings is 2. The summed E-state index contributed by atoms with van der Waals surface area (Å²) in [6, 6.07) is 16.1. The van der Waals surface area contributed by atoms with Crippen molar-refractivity contribution in [1.29, 1.82) is 0 Å². The normalized spacial score (nSPS) is 13.3. The molecule has 0 amide bonds. The molecule has 0 N–H and O–H groups in total. The first-order valence-corrected chi connectivity index (χ1v) is 9.05. The van der Waals surface area contributed by atoms with Gasteiger partial charge in [0.1, 0.15) is 7.05 Å². The van der Waals surface area contributed by atoms with Crippen molar-refractivity contribution in [3.63, 3.8) is 0 Å². The Morgan fingerprint density at radius 2 is 1.85 bits per heavy atom. The molecule has 0 saturated carbocycles. The molecule has 132 valence electrons. The second-order valence-electron chi connectivity index (χ2n) is 6.87. The van der Waals surface area contributed by atoms with Crippen LogP contribution in [0.1, 0.15) is 20.8 Å². The fraction of sp³-hybridized carbons (Fsp3) is 0.167. The van der Waals surface area contributed by atoms with Gasteiger partial charge in [0.2, 0.25) is 11.4 Å². The molecule has 5 rings (SSSR count). The molecule has 0 aliphatic carbocycles. The van der Waals surface area contributed by atoms with Crippen molar-refractivity contribution < 1.29 is 11.7 Å². The SMILES string of the molecule is [2H]C([2H])(C)c1cc[n+](C)c(-c2c(C)c3ccccc3c3c2oc2ncccc23)c1. The summed E-state index contributed by atoms with van der Waals surface area (Å²) < 4.78 is 24.6. The highest BCUT2D eigenvalue weighted by atomic mass is 16.3. The monoisotopic (exact) mass is 355 g/mol. The molecule has 0 spiro atoms. The molecule has 0 radical (unpaired) electrons. The van der Waals surface area contributed by atoms with Gasteiger partial charge in [-0.1, -0.05) is 31.2 Å². The minimum atomic E-state index is -1.43. The Kier molecular flexibility index (Phi) is 3.05. The highest BCUT2D eigenvalue weighted by Gasteiger charge is 2.24. The number of aromatic nitrogens is 2. The van der Waals surface area contributed by atoms with E-state index in [0.29, 0.717) is 11.3 Å². The van der Waals surface area contributed by atoms with Crippen LogP contribution in [-0.2, 0) is 13.4 Å². The molecule has 27 heavy (non-hydrogen) atoms. The van der Waals surface area contributed by atoms with Crippen LogP contribution in [0.25, 0.3) is 44.1 Å². The first-order chi connectivity index (χ1) is 13.9. The summed E-state index contributed by atoms with van der Waals surface area (Å²) in [5.41, 5.74) is 5.05. The van der Waals surface area contributed by atoms with Crippen LogP contribution < -0.4 is 4.57 Å². The van der Waals surface area contributed by atoms with Crippen LogP contribution in [0.15, 0.2) is 65.3 Å². The summed E-state index contributed by atoms with van der Waals surface area (Å²) in [5.74, 6) is 0. The van der Waals surface area contributed by atoms with E-state index in [1.165, 1.54) is 0 Å². The lowest BCUT2D eigenvalue weighted by Gasteiger charge is -2.11. The highest BCUT2D eigenvalue weighted by Crippen LogP contribution is 2.42. The number of hydrogen-bond donors (Lipinski definition) is 0. The zero-order valence-corrected chi connectivity index (χ0v) is 15.6. The van der Waals surface area contributed by atoms with E-state index in [1.54, 1.807) is 13.1 Å². The lowest BCUT2D eigenvalue weighted by Crippen LogP contribution is -2.30. The molecular formula is C24H21N2O+. The van der Waals surface area contributed by atoms with Gasteiger partial charge in [-0.25, -0.2) is 9.55 Å². The van der Waals surface area contributed by atoms with Gasteiger partial charge in [-0.2, -0.15) is 0 Å². The van der Waals surface area contributed by atoms with Gasteiger partial charge in [0, 0.05) is 31.8 Å². The Hall–Kier alpha value is -3.20. The minimum Gasteiger partial charge on any atom is -0.437 e. The molecule has 3 aromatic heterocycles. The summed E-state index contributed by atoms with van der Waals surface area (Å²) in [6.45, 7) is 3.69. The van der Waals surface area contributed by atoms with Crippen molar-refractivity contribution in [2.75, 3.05) is 0 Å². The molecule has 5 aromatic rings. The van der Waals surface area contributed by atoms with Gasteiger partial charge in [0.05, 0.1) is 5.56 Å². The first-order valence-electron chi connectivity index (χ1n) is 10.1. The Morgan fingerprint density at radius 1 is 1.07 bits per heavy atom. The zero-order chi connectivity index (χ0) is 20.3. The molecule has 0 fully saturated rings. The molecular weight excluding hydrogens is 332 g/mol. The first kappa shape index (κ1) is 13.9. The zero-order valence-electron chi connectivity index (χ0n) is 17.6. The number of fused-ring (bicyclic) bond motifs is 5. The second-order valence-corrected chi connectivity index (χ2v) is 6.87. The van der Waals surface area contributed by atoms with Crippen LogP contribution in [0.4, 0.5) is 0 Å². The number of aryl methyl sites for hydroxylation is 3. The van der Waals surface area contributed by atoms with E-state index < -0.39 is 6.37 Å². The van der Waals surface area contributed by atoms with Crippen LogP contribution in [0.2, 0.25) is 0 Å². The highest BCUT2D eigenvalue weighted by molar-refractivity contribution is 6.22. The summed E-state index contributed by atoms with van der Waals surface area (Å²) in [4.78, 5) is 4.44. The number of benzene rings is 2. The maximum atomic E-state index is 8.16. The number of nitrogens with zero attached hydrogens (tertiary/aromatic N) is 2. The largest absolute Gasteiger partial charge is 0.437 e. The van der Waals surface area contributed by atoms with E-state index >= 15 is 0 Å². The Bertz CT molecular complexity index is 1410. The Balaban J connectivity index is 2.01. The maximum Gasteiger partial charge on any atom is 0.227 e. The third-order valence-electron chi connectivity index (χ3n) is 5.36. The molecule has 0 unspecified atom stereocenters. The summed E-state index contributed by atoms with van der Waals surface area (Å²) >= 11 is 0. The van der Waals surface area contributed by atoms with Crippen molar-refractivity contribution in [2.24, 2.45) is 7.05 Å². The second kappa shape index (κ2) is 5.92. The van der Waals surface area contributed by atoms with Crippen LogP contribution in [0.5, 0.6) is 0 Å². The summed E-state index contributed by atoms with van der Waals surface area (Å²) in [5, 5.41) is 4.34. The maximum absolute atomic E-state index is 8.16. The molecule has 0 aliphatic heterocycles. The standard InChI is InChI=1S/C24H21N2O/c1-4-16-11-13-26(3)20(14-16)21-15(2)17-8-5-6-9-18(17)22-19-10-7-12-25-24(19)27-23(21)22/h5-14H,4H2,1-3H3/q+1/i4D2. The van der Waals surface area contributed by atoms with Crippen LogP contribution in [0, 0.1) is 6.92 Å². The lowest BCUT2D eigenvalue weighted by molar-refractivity contribution is -0.660. The molecule has 3 nitrogen and oxygen atoms in total. The lowest BCUT2D eigenvalue weighted by atomic mass is 9.93. The van der Waals surface area contributed by atoms with E-state index in [4.69, 9.17) is 7.16 Å². The van der Waals surface area contributed by atoms with E-state index in [1.807, 2.05) is 54.2 Å². The van der Waals surface area contributed by atoms with Gasteiger partial charge < -0.3 is 4.42 Å². The number of furan rings is 1. The van der Waals surface area contributed by atoms with Gasteiger partial charge >= 0.3 is 0 Å². The average Bonchev–Trinajstić information content (AvgIpc) is 3.08. The van der Waals surface area contributed by atoms with E-state index in [0.717, 1.165) is 43.9 Å². The number of hydrogen-bond acceptors (Lipinski definition) is 2. The fourth-order valence-electron chi connectivity index (χ4n) is 3.99.